The van der Waals surface area contributed by atoms with Crippen LogP contribution in [0.3, 0.4) is 0 Å². The van der Waals surface area contributed by atoms with E-state index in [1.807, 2.05) is 44.2 Å². The summed E-state index contributed by atoms with van der Waals surface area (Å²) in [7, 11) is -8.83. The van der Waals surface area contributed by atoms with Gasteiger partial charge in [-0.25, -0.2) is 0 Å². The zero-order chi connectivity index (χ0) is 23.5. The topological polar surface area (TPSA) is 109 Å². The lowest BCUT2D eigenvalue weighted by Crippen LogP contribution is -2.16. The fraction of sp³-hybridized carbons (Fsp3) is 0.250. The van der Waals surface area contributed by atoms with Gasteiger partial charge < -0.3 is 0 Å². The Morgan fingerprint density at radius 3 is 1.50 bits per heavy atom. The molecule has 0 amide bonds. The minimum Gasteiger partial charge on any atom is -0.282 e. The maximum Gasteiger partial charge on any atom is 0.294 e. The van der Waals surface area contributed by atoms with E-state index in [9.17, 15) is 25.9 Å². The highest BCUT2D eigenvalue weighted by atomic mass is 32.2. The molecule has 0 aliphatic carbocycles. The van der Waals surface area contributed by atoms with Crippen LogP contribution in [0.15, 0.2) is 76.5 Å². The van der Waals surface area contributed by atoms with Crippen LogP contribution in [-0.2, 0) is 39.5 Å². The van der Waals surface area contributed by atoms with Gasteiger partial charge in [-0.2, -0.15) is 16.8 Å². The molecule has 2 N–H and O–H groups in total. The summed E-state index contributed by atoms with van der Waals surface area (Å²) in [5.74, 6) is -0.193. The van der Waals surface area contributed by atoms with E-state index in [0.29, 0.717) is 30.4 Å². The standard InChI is InChI=1S/C24H26O6S2/c1-17-8-10-23(31(25,26)27)21(12-17)15-20(14-19-6-4-3-5-7-19)16-22-13-18(2)9-11-24(22)32(28,29)30/h3-13,20H,14-16H2,1-2H3,(H,25,26,27)(H,28,29,30). The van der Waals surface area contributed by atoms with Crippen molar-refractivity contribution >= 4 is 20.2 Å². The molecule has 0 saturated heterocycles. The lowest BCUT2D eigenvalue weighted by Gasteiger charge is -2.20. The number of rotatable bonds is 8. The van der Waals surface area contributed by atoms with E-state index in [1.54, 1.807) is 24.3 Å². The Balaban J connectivity index is 2.06. The molecule has 0 spiro atoms. The Hall–Kier alpha value is -2.52. The van der Waals surface area contributed by atoms with Crippen LogP contribution in [0, 0.1) is 19.8 Å². The highest BCUT2D eigenvalue weighted by Crippen LogP contribution is 2.27. The van der Waals surface area contributed by atoms with Crippen molar-refractivity contribution in [1.82, 2.24) is 0 Å². The Kier molecular flexibility index (Phi) is 7.19. The first-order chi connectivity index (χ1) is 14.9. The molecule has 0 atom stereocenters. The van der Waals surface area contributed by atoms with E-state index < -0.39 is 20.2 Å². The molecule has 0 unspecified atom stereocenters. The predicted molar refractivity (Wildman–Crippen MR) is 123 cm³/mol. The first-order valence-electron chi connectivity index (χ1n) is 10.1. The van der Waals surface area contributed by atoms with E-state index >= 15 is 0 Å². The third-order valence-electron chi connectivity index (χ3n) is 5.37. The van der Waals surface area contributed by atoms with Gasteiger partial charge in [-0.3, -0.25) is 9.11 Å². The Morgan fingerprint density at radius 2 is 1.09 bits per heavy atom. The number of hydrogen-bond donors (Lipinski definition) is 2. The third-order valence-corrected chi connectivity index (χ3v) is 7.28. The van der Waals surface area contributed by atoms with Gasteiger partial charge in [0.1, 0.15) is 0 Å². The summed E-state index contributed by atoms with van der Waals surface area (Å²) in [6.45, 7) is 3.67. The van der Waals surface area contributed by atoms with E-state index in [0.717, 1.165) is 16.7 Å². The predicted octanol–water partition coefficient (Wildman–Crippen LogP) is 4.44. The van der Waals surface area contributed by atoms with Crippen LogP contribution in [-0.4, -0.2) is 25.9 Å². The average molecular weight is 475 g/mol. The molecule has 0 radical (unpaired) electrons. The Bertz CT molecular complexity index is 1230. The zero-order valence-corrected chi connectivity index (χ0v) is 19.5. The van der Waals surface area contributed by atoms with Crippen LogP contribution in [0.1, 0.15) is 27.8 Å². The van der Waals surface area contributed by atoms with Gasteiger partial charge in [-0.1, -0.05) is 65.7 Å². The first kappa shape index (κ1) is 24.1. The van der Waals surface area contributed by atoms with Crippen molar-refractivity contribution in [3.8, 4) is 0 Å². The van der Waals surface area contributed by atoms with E-state index in [2.05, 4.69) is 0 Å². The molecule has 3 aromatic carbocycles. The quantitative estimate of drug-likeness (QED) is 0.467. The molecule has 6 nitrogen and oxygen atoms in total. The highest BCUT2D eigenvalue weighted by molar-refractivity contribution is 7.86. The molecule has 32 heavy (non-hydrogen) atoms. The molecule has 0 heterocycles. The van der Waals surface area contributed by atoms with Crippen LogP contribution in [0.5, 0.6) is 0 Å². The second kappa shape index (κ2) is 9.54. The summed E-state index contributed by atoms with van der Waals surface area (Å²) in [5.41, 5.74) is 3.64. The molecule has 0 saturated carbocycles. The molecule has 0 aliphatic rings. The van der Waals surface area contributed by atoms with Crippen molar-refractivity contribution in [3.05, 3.63) is 94.5 Å². The lowest BCUT2D eigenvalue weighted by molar-refractivity contribution is 0.474. The molecule has 0 bridgehead atoms. The third kappa shape index (κ3) is 6.26. The van der Waals surface area contributed by atoms with E-state index in [4.69, 9.17) is 0 Å². The largest absolute Gasteiger partial charge is 0.294 e. The molecule has 0 aliphatic heterocycles. The molecule has 0 fully saturated rings. The van der Waals surface area contributed by atoms with Crippen molar-refractivity contribution in [3.63, 3.8) is 0 Å². The van der Waals surface area contributed by atoms with Gasteiger partial charge in [0.2, 0.25) is 0 Å². The van der Waals surface area contributed by atoms with Crippen LogP contribution < -0.4 is 0 Å². The Morgan fingerprint density at radius 1 is 0.656 bits per heavy atom. The minimum atomic E-state index is -4.42. The van der Waals surface area contributed by atoms with Crippen molar-refractivity contribution in [1.29, 1.82) is 0 Å². The number of hydrogen-bond acceptors (Lipinski definition) is 4. The second-order valence-corrected chi connectivity index (χ2v) is 10.9. The van der Waals surface area contributed by atoms with Gasteiger partial charge in [0.25, 0.3) is 20.2 Å². The van der Waals surface area contributed by atoms with E-state index in [-0.39, 0.29) is 15.7 Å². The highest BCUT2D eigenvalue weighted by Gasteiger charge is 2.23. The second-order valence-electron chi connectivity index (χ2n) is 8.14. The van der Waals surface area contributed by atoms with Gasteiger partial charge in [-0.05, 0) is 67.9 Å². The number of benzene rings is 3. The summed E-state index contributed by atoms with van der Waals surface area (Å²) >= 11 is 0. The normalized spacial score (nSPS) is 12.3. The van der Waals surface area contributed by atoms with Gasteiger partial charge in [0.05, 0.1) is 9.79 Å². The minimum absolute atomic E-state index is 0.152. The van der Waals surface area contributed by atoms with Crippen LogP contribution >= 0.6 is 0 Å². The first-order valence-corrected chi connectivity index (χ1v) is 13.0. The summed E-state index contributed by atoms with van der Waals surface area (Å²) in [6, 6.07) is 19.1. The van der Waals surface area contributed by atoms with Crippen molar-refractivity contribution < 1.29 is 25.9 Å². The smallest absolute Gasteiger partial charge is 0.282 e. The van der Waals surface area contributed by atoms with Crippen LogP contribution in [0.25, 0.3) is 0 Å². The molecular weight excluding hydrogens is 448 g/mol. The molecule has 3 rings (SSSR count). The fourth-order valence-corrected chi connectivity index (χ4v) is 5.45. The van der Waals surface area contributed by atoms with Crippen molar-refractivity contribution in [2.75, 3.05) is 0 Å². The average Bonchev–Trinajstić information content (AvgIpc) is 2.67. The summed E-state index contributed by atoms with van der Waals surface area (Å²) in [5, 5.41) is 0. The summed E-state index contributed by atoms with van der Waals surface area (Å²) in [6.07, 6.45) is 1.15. The van der Waals surface area contributed by atoms with E-state index in [1.165, 1.54) is 12.1 Å². The zero-order valence-electron chi connectivity index (χ0n) is 17.9. The fourth-order valence-electron chi connectivity index (χ4n) is 4.02. The van der Waals surface area contributed by atoms with Crippen LogP contribution in [0.4, 0.5) is 0 Å². The van der Waals surface area contributed by atoms with Crippen molar-refractivity contribution in [2.45, 2.75) is 42.9 Å². The molecular formula is C24H26O6S2. The van der Waals surface area contributed by atoms with Crippen molar-refractivity contribution in [2.24, 2.45) is 5.92 Å². The lowest BCUT2D eigenvalue weighted by atomic mass is 9.86. The number of aryl methyl sites for hydroxylation is 2. The molecule has 8 heteroatoms. The maximum absolute atomic E-state index is 11.9. The summed E-state index contributed by atoms with van der Waals surface area (Å²) < 4.78 is 67.1. The van der Waals surface area contributed by atoms with Gasteiger partial charge in [0.15, 0.2) is 0 Å². The molecule has 0 aromatic heterocycles. The molecule has 3 aromatic rings. The Labute approximate surface area is 189 Å². The van der Waals surface area contributed by atoms with Gasteiger partial charge >= 0.3 is 0 Å². The monoisotopic (exact) mass is 474 g/mol. The summed E-state index contributed by atoms with van der Waals surface area (Å²) in [4.78, 5) is -0.305. The van der Waals surface area contributed by atoms with Gasteiger partial charge in [-0.15, -0.1) is 0 Å². The molecule has 170 valence electrons. The van der Waals surface area contributed by atoms with Gasteiger partial charge in [0, 0.05) is 0 Å². The maximum atomic E-state index is 11.9. The SMILES string of the molecule is Cc1ccc(S(=O)(=O)O)c(CC(Cc2ccccc2)Cc2cc(C)ccc2S(=O)(=O)O)c1. The van der Waals surface area contributed by atoms with Crippen LogP contribution in [0.2, 0.25) is 0 Å².